The van der Waals surface area contributed by atoms with E-state index in [0.29, 0.717) is 4.88 Å². The number of nitrogens with one attached hydrogen (secondary N) is 1. The van der Waals surface area contributed by atoms with Gasteiger partial charge in [0.15, 0.2) is 0 Å². The van der Waals surface area contributed by atoms with Gasteiger partial charge in [-0.05, 0) is 36.4 Å². The molecule has 0 atom stereocenters. The van der Waals surface area contributed by atoms with Crippen molar-refractivity contribution in [3.05, 3.63) is 65.3 Å². The Balaban J connectivity index is 2.14. The molecule has 28 heavy (non-hydrogen) atoms. The van der Waals surface area contributed by atoms with Crippen LogP contribution in [0.2, 0.25) is 0 Å². The van der Waals surface area contributed by atoms with Gasteiger partial charge in [0.25, 0.3) is 0 Å². The van der Waals surface area contributed by atoms with E-state index < -0.39 is 27.7 Å². The number of hydrogen-bond acceptors (Lipinski definition) is 6. The SMILES string of the molecule is CNC(=O)OCc1cc(-c2cccnc2F)c(S(=O)(=O)c2cccc(F)c2)s1. The van der Waals surface area contributed by atoms with Crippen LogP contribution in [0.4, 0.5) is 13.6 Å². The first-order chi connectivity index (χ1) is 13.3. The normalized spacial score (nSPS) is 11.2. The van der Waals surface area contributed by atoms with E-state index in [0.717, 1.165) is 23.5 Å². The number of carbonyl (C=O) groups is 1. The fraction of sp³-hybridized carbons (Fsp3) is 0.111. The monoisotopic (exact) mass is 424 g/mol. The van der Waals surface area contributed by atoms with Crippen molar-refractivity contribution in [3.8, 4) is 11.1 Å². The number of nitrogens with zero attached hydrogens (tertiary/aromatic N) is 1. The van der Waals surface area contributed by atoms with Crippen molar-refractivity contribution in [1.29, 1.82) is 0 Å². The summed E-state index contributed by atoms with van der Waals surface area (Å²) in [5.74, 6) is -1.57. The number of rotatable bonds is 5. The van der Waals surface area contributed by atoms with Crippen LogP contribution in [0.5, 0.6) is 0 Å². The van der Waals surface area contributed by atoms with E-state index >= 15 is 0 Å². The molecule has 0 aliphatic carbocycles. The topological polar surface area (TPSA) is 85.4 Å². The number of alkyl carbamates (subject to hydrolysis) is 1. The van der Waals surface area contributed by atoms with Crippen LogP contribution in [-0.2, 0) is 21.2 Å². The van der Waals surface area contributed by atoms with E-state index in [2.05, 4.69) is 10.3 Å². The van der Waals surface area contributed by atoms with E-state index in [9.17, 15) is 22.0 Å². The molecule has 0 saturated heterocycles. The first-order valence-corrected chi connectivity index (χ1v) is 10.2. The average Bonchev–Trinajstić information content (AvgIpc) is 3.11. The molecule has 10 heteroatoms. The van der Waals surface area contributed by atoms with E-state index in [4.69, 9.17) is 4.74 Å². The number of amides is 1. The van der Waals surface area contributed by atoms with Crippen molar-refractivity contribution >= 4 is 27.3 Å². The molecular formula is C18H14F2N2O4S2. The molecule has 6 nitrogen and oxygen atoms in total. The second-order valence-electron chi connectivity index (χ2n) is 5.54. The highest BCUT2D eigenvalue weighted by atomic mass is 32.2. The van der Waals surface area contributed by atoms with E-state index in [1.807, 2.05) is 0 Å². The lowest BCUT2D eigenvalue weighted by Gasteiger charge is -2.06. The van der Waals surface area contributed by atoms with E-state index in [1.54, 1.807) is 0 Å². The molecule has 0 fully saturated rings. The van der Waals surface area contributed by atoms with Gasteiger partial charge >= 0.3 is 6.09 Å². The molecule has 146 valence electrons. The number of hydrogen-bond donors (Lipinski definition) is 1. The lowest BCUT2D eigenvalue weighted by Crippen LogP contribution is -2.18. The summed E-state index contributed by atoms with van der Waals surface area (Å²) in [6.45, 7) is -0.210. The van der Waals surface area contributed by atoms with Crippen molar-refractivity contribution in [2.24, 2.45) is 0 Å². The van der Waals surface area contributed by atoms with Crippen LogP contribution in [0.15, 0.2) is 57.8 Å². The van der Waals surface area contributed by atoms with Gasteiger partial charge in [-0.25, -0.2) is 22.6 Å². The van der Waals surface area contributed by atoms with Crippen LogP contribution >= 0.6 is 11.3 Å². The highest BCUT2D eigenvalue weighted by Crippen LogP contribution is 2.39. The standard InChI is InChI=1S/C18H14F2N2O4S2/c1-21-18(23)26-10-12-9-15(14-6-3-7-22-16(14)20)17(27-12)28(24,25)13-5-2-4-11(19)8-13/h2-9H,10H2,1H3,(H,21,23). The zero-order valence-corrected chi connectivity index (χ0v) is 16.1. The minimum Gasteiger partial charge on any atom is -0.444 e. The van der Waals surface area contributed by atoms with Gasteiger partial charge in [0.05, 0.1) is 4.90 Å². The number of aromatic nitrogens is 1. The lowest BCUT2D eigenvalue weighted by molar-refractivity contribution is 0.143. The van der Waals surface area contributed by atoms with Crippen LogP contribution < -0.4 is 5.32 Å². The number of pyridine rings is 1. The van der Waals surface area contributed by atoms with Crippen LogP contribution in [0.25, 0.3) is 11.1 Å². The highest BCUT2D eigenvalue weighted by molar-refractivity contribution is 7.93. The van der Waals surface area contributed by atoms with Gasteiger partial charge < -0.3 is 10.1 Å². The summed E-state index contributed by atoms with van der Waals surface area (Å²) in [6, 6.07) is 8.81. The van der Waals surface area contributed by atoms with Gasteiger partial charge in [-0.2, -0.15) is 4.39 Å². The molecule has 2 aromatic heterocycles. The first kappa shape index (κ1) is 19.9. The summed E-state index contributed by atoms with van der Waals surface area (Å²) < 4.78 is 58.7. The molecule has 3 rings (SSSR count). The molecule has 2 heterocycles. The second-order valence-corrected chi connectivity index (χ2v) is 8.82. The molecule has 0 unspecified atom stereocenters. The number of ether oxygens (including phenoxy) is 1. The van der Waals surface area contributed by atoms with E-state index in [1.165, 1.54) is 43.6 Å². The Morgan fingerprint density at radius 3 is 2.64 bits per heavy atom. The number of thiophene rings is 1. The number of sulfone groups is 1. The third-order valence-corrected chi connectivity index (χ3v) is 7.09. The Morgan fingerprint density at radius 2 is 1.96 bits per heavy atom. The Bertz CT molecular complexity index is 1130. The van der Waals surface area contributed by atoms with Crippen LogP contribution in [0.3, 0.4) is 0 Å². The maximum absolute atomic E-state index is 14.2. The number of carbonyl (C=O) groups excluding carboxylic acids is 1. The third kappa shape index (κ3) is 4.02. The van der Waals surface area contributed by atoms with Gasteiger partial charge in [0.1, 0.15) is 16.6 Å². The third-order valence-electron chi connectivity index (χ3n) is 3.70. The summed E-state index contributed by atoms with van der Waals surface area (Å²) in [5, 5.41) is 2.27. The largest absolute Gasteiger partial charge is 0.444 e. The minimum absolute atomic E-state index is 0.0279. The van der Waals surface area contributed by atoms with Crippen molar-refractivity contribution in [2.45, 2.75) is 15.7 Å². The van der Waals surface area contributed by atoms with Crippen LogP contribution in [0, 0.1) is 11.8 Å². The predicted molar refractivity (Wildman–Crippen MR) is 98.6 cm³/mol. The average molecular weight is 424 g/mol. The van der Waals surface area contributed by atoms with Gasteiger partial charge in [0.2, 0.25) is 15.8 Å². The Kier molecular flexibility index (Phi) is 5.71. The lowest BCUT2D eigenvalue weighted by atomic mass is 10.1. The van der Waals surface area contributed by atoms with Gasteiger partial charge in [-0.3, -0.25) is 0 Å². The van der Waals surface area contributed by atoms with E-state index in [-0.39, 0.29) is 26.8 Å². The summed E-state index contributed by atoms with van der Waals surface area (Å²) in [4.78, 5) is 15.0. The molecule has 0 aliphatic rings. The smallest absolute Gasteiger partial charge is 0.407 e. The number of halogens is 2. The molecule has 0 aliphatic heterocycles. The quantitative estimate of drug-likeness (QED) is 0.630. The molecular weight excluding hydrogens is 410 g/mol. The highest BCUT2D eigenvalue weighted by Gasteiger charge is 2.27. The number of benzene rings is 1. The molecule has 1 N–H and O–H groups in total. The van der Waals surface area contributed by atoms with Crippen LogP contribution in [-0.4, -0.2) is 26.5 Å². The molecule has 0 saturated carbocycles. The van der Waals surface area contributed by atoms with Crippen LogP contribution in [0.1, 0.15) is 4.88 Å². The Morgan fingerprint density at radius 1 is 1.18 bits per heavy atom. The zero-order chi connectivity index (χ0) is 20.3. The van der Waals surface area contributed by atoms with Crippen molar-refractivity contribution in [2.75, 3.05) is 7.05 Å². The summed E-state index contributed by atoms with van der Waals surface area (Å²) >= 11 is 0.813. The van der Waals surface area contributed by atoms with Gasteiger partial charge in [-0.1, -0.05) is 6.07 Å². The molecule has 0 radical (unpaired) electrons. The maximum atomic E-state index is 14.2. The first-order valence-electron chi connectivity index (χ1n) is 7.91. The summed E-state index contributed by atoms with van der Waals surface area (Å²) in [7, 11) is -2.77. The van der Waals surface area contributed by atoms with Crippen molar-refractivity contribution in [1.82, 2.24) is 10.3 Å². The fourth-order valence-electron chi connectivity index (χ4n) is 2.42. The molecule has 0 bridgehead atoms. The summed E-state index contributed by atoms with van der Waals surface area (Å²) in [5.41, 5.74) is 0.0373. The van der Waals surface area contributed by atoms with Crippen molar-refractivity contribution < 1.29 is 26.7 Å². The summed E-state index contributed by atoms with van der Waals surface area (Å²) in [6.07, 6.45) is 0.540. The Labute approximate surface area is 163 Å². The minimum atomic E-state index is -4.15. The predicted octanol–water partition coefficient (Wildman–Crippen LogP) is 3.78. The van der Waals surface area contributed by atoms with Gasteiger partial charge in [-0.15, -0.1) is 11.3 Å². The molecule has 3 aromatic rings. The maximum Gasteiger partial charge on any atom is 0.407 e. The Hall–Kier alpha value is -2.85. The van der Waals surface area contributed by atoms with Crippen molar-refractivity contribution in [3.63, 3.8) is 0 Å². The molecule has 1 aromatic carbocycles. The fourth-order valence-corrected chi connectivity index (χ4v) is 5.48. The zero-order valence-electron chi connectivity index (χ0n) is 14.5. The molecule has 0 spiro atoms. The van der Waals surface area contributed by atoms with Gasteiger partial charge in [0, 0.05) is 29.2 Å². The molecule has 1 amide bonds. The second kappa shape index (κ2) is 8.03.